The molecule has 2 aromatic rings. The lowest BCUT2D eigenvalue weighted by Gasteiger charge is -2.21. The van der Waals surface area contributed by atoms with Crippen LogP contribution >= 0.6 is 11.3 Å². The van der Waals surface area contributed by atoms with Gasteiger partial charge in [-0.05, 0) is 48.7 Å². The lowest BCUT2D eigenvalue weighted by atomic mass is 10.2. The normalized spacial score (nSPS) is 17.3. The molecule has 1 saturated heterocycles. The molecular formula is C17H19N3O2S2. The van der Waals surface area contributed by atoms with E-state index in [4.69, 9.17) is 5.26 Å². The Balaban J connectivity index is 1.69. The van der Waals surface area contributed by atoms with Crippen LogP contribution in [-0.4, -0.2) is 43.8 Å². The largest absolute Gasteiger partial charge is 0.297 e. The number of hydrogen-bond donors (Lipinski definition) is 0. The highest BCUT2D eigenvalue weighted by atomic mass is 32.2. The van der Waals surface area contributed by atoms with Crippen molar-refractivity contribution in [2.75, 3.05) is 26.2 Å². The van der Waals surface area contributed by atoms with Crippen molar-refractivity contribution in [3.8, 4) is 6.07 Å². The minimum atomic E-state index is -3.50. The standard InChI is InChI=1S/C17H19N3O2S2/c18-13-15-4-6-17(7-5-15)24(21,22)20-9-2-8-19(10-11-20)14-16-3-1-12-23-16/h1,3-7,12H,2,8-11,14H2. The summed E-state index contributed by atoms with van der Waals surface area (Å²) in [7, 11) is -3.50. The number of hydrogen-bond acceptors (Lipinski definition) is 5. The summed E-state index contributed by atoms with van der Waals surface area (Å²) in [5.74, 6) is 0. The van der Waals surface area contributed by atoms with E-state index in [1.165, 1.54) is 17.0 Å². The molecular weight excluding hydrogens is 342 g/mol. The van der Waals surface area contributed by atoms with Crippen molar-refractivity contribution >= 4 is 21.4 Å². The molecule has 2 heterocycles. The van der Waals surface area contributed by atoms with Crippen LogP contribution in [0.1, 0.15) is 16.9 Å². The van der Waals surface area contributed by atoms with Gasteiger partial charge in [-0.1, -0.05) is 6.07 Å². The average Bonchev–Trinajstić information content (AvgIpc) is 2.98. The first-order valence-electron chi connectivity index (χ1n) is 7.84. The number of benzene rings is 1. The van der Waals surface area contributed by atoms with Gasteiger partial charge in [0.25, 0.3) is 0 Å². The second kappa shape index (κ2) is 7.45. The summed E-state index contributed by atoms with van der Waals surface area (Å²) in [4.78, 5) is 3.87. The Labute approximate surface area is 146 Å². The van der Waals surface area contributed by atoms with Crippen LogP contribution < -0.4 is 0 Å². The molecule has 0 atom stereocenters. The molecule has 0 amide bonds. The van der Waals surface area contributed by atoms with Crippen molar-refractivity contribution in [2.45, 2.75) is 17.9 Å². The molecule has 126 valence electrons. The van der Waals surface area contributed by atoms with Crippen molar-refractivity contribution in [2.24, 2.45) is 0 Å². The van der Waals surface area contributed by atoms with Gasteiger partial charge in [-0.3, -0.25) is 4.90 Å². The molecule has 5 nitrogen and oxygen atoms in total. The molecule has 1 aromatic heterocycles. The van der Waals surface area contributed by atoms with Crippen LogP contribution in [0.4, 0.5) is 0 Å². The van der Waals surface area contributed by atoms with E-state index in [9.17, 15) is 8.42 Å². The zero-order valence-electron chi connectivity index (χ0n) is 13.3. The van der Waals surface area contributed by atoms with Crippen molar-refractivity contribution in [1.29, 1.82) is 5.26 Å². The number of rotatable bonds is 4. The molecule has 1 fully saturated rings. The van der Waals surface area contributed by atoms with E-state index < -0.39 is 10.0 Å². The van der Waals surface area contributed by atoms with Gasteiger partial charge in [-0.15, -0.1) is 11.3 Å². The van der Waals surface area contributed by atoms with Gasteiger partial charge in [0.1, 0.15) is 0 Å². The highest BCUT2D eigenvalue weighted by Crippen LogP contribution is 2.19. The van der Waals surface area contributed by atoms with E-state index in [0.717, 1.165) is 26.1 Å². The molecule has 1 aliphatic rings. The molecule has 0 saturated carbocycles. The quantitative estimate of drug-likeness (QED) is 0.839. The Morgan fingerprint density at radius 1 is 1.08 bits per heavy atom. The first kappa shape index (κ1) is 17.1. The second-order valence-corrected chi connectivity index (χ2v) is 8.72. The molecule has 1 aliphatic heterocycles. The maximum absolute atomic E-state index is 12.8. The Morgan fingerprint density at radius 2 is 1.88 bits per heavy atom. The predicted molar refractivity (Wildman–Crippen MR) is 94.1 cm³/mol. The average molecular weight is 361 g/mol. The second-order valence-electron chi connectivity index (χ2n) is 5.75. The Kier molecular flexibility index (Phi) is 5.31. The SMILES string of the molecule is N#Cc1ccc(S(=O)(=O)N2CCCN(Cc3cccs3)CC2)cc1. The van der Waals surface area contributed by atoms with Gasteiger partial charge in [0.05, 0.1) is 16.5 Å². The van der Waals surface area contributed by atoms with Crippen LogP contribution in [0.5, 0.6) is 0 Å². The van der Waals surface area contributed by atoms with E-state index in [1.54, 1.807) is 27.8 Å². The predicted octanol–water partition coefficient (Wildman–Crippen LogP) is 2.52. The lowest BCUT2D eigenvalue weighted by Crippen LogP contribution is -2.35. The molecule has 7 heteroatoms. The molecule has 0 aliphatic carbocycles. The molecule has 24 heavy (non-hydrogen) atoms. The van der Waals surface area contributed by atoms with Crippen LogP contribution in [0.15, 0.2) is 46.7 Å². The molecule has 0 N–H and O–H groups in total. The van der Waals surface area contributed by atoms with Crippen LogP contribution in [0.2, 0.25) is 0 Å². The summed E-state index contributed by atoms with van der Waals surface area (Å²) in [6.07, 6.45) is 0.820. The Morgan fingerprint density at radius 3 is 2.54 bits per heavy atom. The molecule has 0 bridgehead atoms. The number of thiophene rings is 1. The Bertz CT molecular complexity index is 809. The van der Waals surface area contributed by atoms with E-state index in [-0.39, 0.29) is 4.90 Å². The van der Waals surface area contributed by atoms with Gasteiger partial charge in [-0.2, -0.15) is 9.57 Å². The summed E-state index contributed by atoms with van der Waals surface area (Å²) in [6, 6.07) is 12.3. The minimum absolute atomic E-state index is 0.258. The van der Waals surface area contributed by atoms with Gasteiger partial charge in [0.2, 0.25) is 10.0 Å². The molecule has 0 spiro atoms. The van der Waals surface area contributed by atoms with Crippen LogP contribution in [0.25, 0.3) is 0 Å². The monoisotopic (exact) mass is 361 g/mol. The van der Waals surface area contributed by atoms with Crippen LogP contribution in [0, 0.1) is 11.3 Å². The van der Waals surface area contributed by atoms with Gasteiger partial charge in [0, 0.05) is 31.1 Å². The van der Waals surface area contributed by atoms with E-state index in [1.807, 2.05) is 12.1 Å². The molecule has 0 radical (unpaired) electrons. The van der Waals surface area contributed by atoms with Crippen molar-refractivity contribution in [3.05, 3.63) is 52.2 Å². The fourth-order valence-electron chi connectivity index (χ4n) is 2.82. The van der Waals surface area contributed by atoms with Gasteiger partial charge in [-0.25, -0.2) is 8.42 Å². The van der Waals surface area contributed by atoms with Crippen LogP contribution in [0.3, 0.4) is 0 Å². The maximum atomic E-state index is 12.8. The fourth-order valence-corrected chi connectivity index (χ4v) is 5.03. The zero-order chi connectivity index (χ0) is 17.0. The maximum Gasteiger partial charge on any atom is 0.243 e. The first-order chi connectivity index (χ1) is 11.6. The van der Waals surface area contributed by atoms with E-state index in [2.05, 4.69) is 16.3 Å². The summed E-state index contributed by atoms with van der Waals surface area (Å²) in [5.41, 5.74) is 0.465. The van der Waals surface area contributed by atoms with Gasteiger partial charge in [0.15, 0.2) is 0 Å². The summed E-state index contributed by atoms with van der Waals surface area (Å²) in [6.45, 7) is 3.53. The first-order valence-corrected chi connectivity index (χ1v) is 10.2. The fraction of sp³-hybridized carbons (Fsp3) is 0.353. The minimum Gasteiger partial charge on any atom is -0.297 e. The molecule has 3 rings (SSSR count). The highest BCUT2D eigenvalue weighted by Gasteiger charge is 2.26. The van der Waals surface area contributed by atoms with Crippen molar-refractivity contribution in [1.82, 2.24) is 9.21 Å². The van der Waals surface area contributed by atoms with Crippen LogP contribution in [-0.2, 0) is 16.6 Å². The third-order valence-corrected chi connectivity index (χ3v) is 6.90. The Hall–Kier alpha value is -1.72. The number of nitriles is 1. The number of nitrogens with zero attached hydrogens (tertiary/aromatic N) is 3. The third-order valence-electron chi connectivity index (χ3n) is 4.13. The molecule has 1 aromatic carbocycles. The summed E-state index contributed by atoms with van der Waals surface area (Å²) < 4.78 is 27.1. The smallest absolute Gasteiger partial charge is 0.243 e. The van der Waals surface area contributed by atoms with Crippen molar-refractivity contribution < 1.29 is 8.42 Å². The van der Waals surface area contributed by atoms with Crippen molar-refractivity contribution in [3.63, 3.8) is 0 Å². The molecule has 0 unspecified atom stereocenters. The van der Waals surface area contributed by atoms with E-state index >= 15 is 0 Å². The number of sulfonamides is 1. The van der Waals surface area contributed by atoms with Gasteiger partial charge >= 0.3 is 0 Å². The topological polar surface area (TPSA) is 64.4 Å². The highest BCUT2D eigenvalue weighted by molar-refractivity contribution is 7.89. The summed E-state index contributed by atoms with van der Waals surface area (Å²) >= 11 is 1.73. The lowest BCUT2D eigenvalue weighted by molar-refractivity contribution is 0.281. The zero-order valence-corrected chi connectivity index (χ0v) is 14.9. The third kappa shape index (κ3) is 3.84. The van der Waals surface area contributed by atoms with E-state index in [0.29, 0.717) is 18.7 Å². The van der Waals surface area contributed by atoms with Gasteiger partial charge < -0.3 is 0 Å². The summed E-state index contributed by atoms with van der Waals surface area (Å²) in [5, 5.41) is 10.9.